The molecule has 6 nitrogen and oxygen atoms in total. The van der Waals surface area contributed by atoms with Crippen molar-refractivity contribution >= 4 is 43.3 Å². The number of fused-ring (bicyclic) bond motifs is 1. The monoisotopic (exact) mass is 566 g/mol. The maximum absolute atomic E-state index is 12.7. The first-order valence-corrected chi connectivity index (χ1v) is 14.3. The van der Waals surface area contributed by atoms with E-state index in [-0.39, 0.29) is 18.1 Å². The van der Waals surface area contributed by atoms with Crippen LogP contribution in [-0.2, 0) is 17.8 Å². The maximum Gasteiger partial charge on any atom is 0.225 e. The molecule has 0 radical (unpaired) electrons. The summed E-state index contributed by atoms with van der Waals surface area (Å²) >= 11 is 5.33. The molecular weight excluding hydrogens is 536 g/mol. The summed E-state index contributed by atoms with van der Waals surface area (Å²) in [7, 11) is 0. The van der Waals surface area contributed by atoms with Gasteiger partial charge >= 0.3 is 0 Å². The van der Waals surface area contributed by atoms with Gasteiger partial charge in [-0.15, -0.1) is 11.3 Å². The summed E-state index contributed by atoms with van der Waals surface area (Å²) in [5, 5.41) is 16.7. The SMILES string of the molecule is N#Cc1ccc2sc(CC(=O)NC3CCN(Cc4ccc(OC5CCNCC5)c(Br)c4)CC3)cc2c1. The van der Waals surface area contributed by atoms with Crippen LogP contribution >= 0.6 is 27.3 Å². The summed E-state index contributed by atoms with van der Waals surface area (Å²) in [5.41, 5.74) is 1.92. The van der Waals surface area contributed by atoms with Crippen molar-refractivity contribution in [2.24, 2.45) is 0 Å². The van der Waals surface area contributed by atoms with Crippen molar-refractivity contribution in [3.05, 3.63) is 62.9 Å². The zero-order valence-corrected chi connectivity index (χ0v) is 22.7. The topological polar surface area (TPSA) is 77.4 Å². The molecule has 2 aromatic carbocycles. The van der Waals surface area contributed by atoms with Crippen molar-refractivity contribution in [3.8, 4) is 11.8 Å². The number of benzene rings is 2. The second kappa shape index (κ2) is 11.7. The van der Waals surface area contributed by atoms with Crippen LogP contribution in [0.2, 0.25) is 0 Å². The average molecular weight is 568 g/mol. The number of rotatable bonds is 7. The van der Waals surface area contributed by atoms with Crippen molar-refractivity contribution in [3.63, 3.8) is 0 Å². The summed E-state index contributed by atoms with van der Waals surface area (Å²) in [5.74, 6) is 1.00. The molecule has 3 aromatic rings. The molecule has 3 heterocycles. The number of hydrogen-bond donors (Lipinski definition) is 2. The van der Waals surface area contributed by atoms with Gasteiger partial charge in [0.05, 0.1) is 22.5 Å². The highest BCUT2D eigenvalue weighted by Crippen LogP contribution is 2.30. The quantitative estimate of drug-likeness (QED) is 0.421. The molecule has 1 amide bonds. The predicted molar refractivity (Wildman–Crippen MR) is 147 cm³/mol. The van der Waals surface area contributed by atoms with E-state index < -0.39 is 0 Å². The Morgan fingerprint density at radius 3 is 2.69 bits per heavy atom. The Balaban J connectivity index is 1.07. The van der Waals surface area contributed by atoms with Gasteiger partial charge in [0.15, 0.2) is 0 Å². The van der Waals surface area contributed by atoms with Crippen LogP contribution in [0.4, 0.5) is 0 Å². The van der Waals surface area contributed by atoms with Gasteiger partial charge in [0.2, 0.25) is 5.91 Å². The van der Waals surface area contributed by atoms with Crippen LogP contribution in [0.1, 0.15) is 41.7 Å². The molecule has 0 aliphatic carbocycles. The first-order chi connectivity index (χ1) is 17.6. The lowest BCUT2D eigenvalue weighted by Crippen LogP contribution is -2.44. The summed E-state index contributed by atoms with van der Waals surface area (Å²) < 4.78 is 8.33. The molecule has 188 valence electrons. The molecule has 5 rings (SSSR count). The minimum Gasteiger partial charge on any atom is -0.489 e. The van der Waals surface area contributed by atoms with Crippen molar-refractivity contribution in [1.29, 1.82) is 5.26 Å². The number of nitrogens with one attached hydrogen (secondary N) is 2. The van der Waals surface area contributed by atoms with Gasteiger partial charge < -0.3 is 15.4 Å². The summed E-state index contributed by atoms with van der Waals surface area (Å²) in [4.78, 5) is 16.2. The molecule has 36 heavy (non-hydrogen) atoms. The normalized spacial score (nSPS) is 17.7. The molecule has 2 saturated heterocycles. The number of likely N-dealkylation sites (tertiary alicyclic amines) is 1. The van der Waals surface area contributed by atoms with E-state index in [1.807, 2.05) is 24.3 Å². The van der Waals surface area contributed by atoms with Gasteiger partial charge in [-0.05, 0) is 102 Å². The average Bonchev–Trinajstić information content (AvgIpc) is 3.28. The summed E-state index contributed by atoms with van der Waals surface area (Å²) in [6.45, 7) is 4.88. The Morgan fingerprint density at radius 2 is 1.94 bits per heavy atom. The molecule has 8 heteroatoms. The minimum atomic E-state index is 0.0776. The van der Waals surface area contributed by atoms with Crippen molar-refractivity contribution in [1.82, 2.24) is 15.5 Å². The van der Waals surface area contributed by atoms with E-state index in [0.29, 0.717) is 12.0 Å². The van der Waals surface area contributed by atoms with E-state index in [1.165, 1.54) is 5.56 Å². The molecule has 0 bridgehead atoms. The van der Waals surface area contributed by atoms with Crippen LogP contribution in [0.25, 0.3) is 10.1 Å². The second-order valence-corrected chi connectivity index (χ2v) is 11.7. The largest absolute Gasteiger partial charge is 0.489 e. The Kier molecular flexibility index (Phi) is 8.22. The summed E-state index contributed by atoms with van der Waals surface area (Å²) in [6.07, 6.45) is 4.70. The third kappa shape index (κ3) is 6.46. The fraction of sp³-hybridized carbons (Fsp3) is 0.429. The molecule has 1 aromatic heterocycles. The zero-order chi connectivity index (χ0) is 24.9. The molecule has 0 spiro atoms. The van der Waals surface area contributed by atoms with Crippen molar-refractivity contribution in [2.45, 2.75) is 50.8 Å². The minimum absolute atomic E-state index is 0.0776. The van der Waals surface area contributed by atoms with Crippen LogP contribution in [0.3, 0.4) is 0 Å². The Morgan fingerprint density at radius 1 is 1.14 bits per heavy atom. The van der Waals surface area contributed by atoms with Crippen LogP contribution in [-0.4, -0.2) is 49.1 Å². The van der Waals surface area contributed by atoms with Gasteiger partial charge in [-0.1, -0.05) is 6.07 Å². The molecule has 2 N–H and O–H groups in total. The number of ether oxygens (including phenoxy) is 1. The summed E-state index contributed by atoms with van der Waals surface area (Å²) in [6, 6.07) is 16.5. The van der Waals surface area contributed by atoms with E-state index in [0.717, 1.165) is 83.6 Å². The zero-order valence-electron chi connectivity index (χ0n) is 20.3. The highest BCUT2D eigenvalue weighted by atomic mass is 79.9. The van der Waals surface area contributed by atoms with Crippen LogP contribution in [0.5, 0.6) is 5.75 Å². The van der Waals surface area contributed by atoms with Gasteiger partial charge in [0.1, 0.15) is 11.9 Å². The molecule has 0 atom stereocenters. The highest BCUT2D eigenvalue weighted by Gasteiger charge is 2.22. The molecule has 0 unspecified atom stereocenters. The standard InChI is InChI=1S/C28H31BrN4O2S/c29-25-14-20(1-3-26(25)35-23-5-9-31-10-6-23)18-33-11-7-22(8-12-33)32-28(34)16-24-15-21-13-19(17-30)2-4-27(21)36-24/h1-4,13-15,22-23,31H,5-12,16,18H2,(H,32,34). The predicted octanol–water partition coefficient (Wildman–Crippen LogP) is 4.99. The number of hydrogen-bond acceptors (Lipinski definition) is 6. The number of nitrogens with zero attached hydrogens (tertiary/aromatic N) is 2. The number of carbonyl (C=O) groups excluding carboxylic acids is 1. The van der Waals surface area contributed by atoms with E-state index in [9.17, 15) is 4.79 Å². The molecule has 2 fully saturated rings. The molecule has 2 aliphatic heterocycles. The lowest BCUT2D eigenvalue weighted by atomic mass is 10.0. The number of nitriles is 1. The van der Waals surface area contributed by atoms with Gasteiger partial charge in [0, 0.05) is 35.3 Å². The Bertz CT molecular complexity index is 1260. The fourth-order valence-electron chi connectivity index (χ4n) is 5.02. The number of carbonyl (C=O) groups is 1. The van der Waals surface area contributed by atoms with E-state index in [2.05, 4.69) is 55.7 Å². The first-order valence-electron chi connectivity index (χ1n) is 12.7. The number of amides is 1. The Labute approximate surface area is 224 Å². The number of thiophene rings is 1. The van der Waals surface area contributed by atoms with Crippen molar-refractivity contribution in [2.75, 3.05) is 26.2 Å². The lowest BCUT2D eigenvalue weighted by Gasteiger charge is -2.32. The van der Waals surface area contributed by atoms with E-state index in [1.54, 1.807) is 11.3 Å². The highest BCUT2D eigenvalue weighted by molar-refractivity contribution is 9.10. The van der Waals surface area contributed by atoms with Crippen LogP contribution < -0.4 is 15.4 Å². The van der Waals surface area contributed by atoms with E-state index in [4.69, 9.17) is 10.00 Å². The molecule has 0 saturated carbocycles. The van der Waals surface area contributed by atoms with Gasteiger partial charge in [-0.25, -0.2) is 0 Å². The Hall–Kier alpha value is -2.44. The molecular formula is C28H31BrN4O2S. The van der Waals surface area contributed by atoms with Crippen LogP contribution in [0, 0.1) is 11.3 Å². The number of halogens is 1. The van der Waals surface area contributed by atoms with Gasteiger partial charge in [-0.2, -0.15) is 5.26 Å². The van der Waals surface area contributed by atoms with Gasteiger partial charge in [-0.3, -0.25) is 9.69 Å². The number of piperidine rings is 2. The fourth-order valence-corrected chi connectivity index (χ4v) is 6.58. The van der Waals surface area contributed by atoms with Gasteiger partial charge in [0.25, 0.3) is 0 Å². The third-order valence-electron chi connectivity index (χ3n) is 6.97. The molecule has 2 aliphatic rings. The smallest absolute Gasteiger partial charge is 0.225 e. The maximum atomic E-state index is 12.7. The lowest BCUT2D eigenvalue weighted by molar-refractivity contribution is -0.121. The second-order valence-electron chi connectivity index (χ2n) is 9.70. The van der Waals surface area contributed by atoms with Crippen molar-refractivity contribution < 1.29 is 9.53 Å². The van der Waals surface area contributed by atoms with E-state index >= 15 is 0 Å². The van der Waals surface area contributed by atoms with Crippen LogP contribution in [0.15, 0.2) is 46.9 Å². The first kappa shape index (κ1) is 25.2. The third-order valence-corrected chi connectivity index (χ3v) is 8.70.